The van der Waals surface area contributed by atoms with Crippen LogP contribution in [0.15, 0.2) is 145 Å². The van der Waals surface area contributed by atoms with Crippen molar-refractivity contribution in [3.63, 3.8) is 0 Å². The molecule has 0 aliphatic heterocycles. The first-order chi connectivity index (χ1) is 19.7. The standard InChI is InChI=1S/C38H25N2.Na/c1-27(13-12-26-39-28(2)30-14-5-3-6-15-30)29-22-24-32(25-23-29)38-35-20-11-19-33(31-16-7-4-8-17-31)37(35)34-18-9-10-21-36(34)40-38;/h1-25H;/q-3;+1/b13-12-;. The Morgan fingerprint density at radius 1 is 0.634 bits per heavy atom. The zero-order valence-corrected chi connectivity index (χ0v) is 24.8. The van der Waals surface area contributed by atoms with E-state index in [1.807, 2.05) is 54.6 Å². The zero-order valence-electron chi connectivity index (χ0n) is 22.8. The van der Waals surface area contributed by atoms with Gasteiger partial charge in [-0.2, -0.15) is 17.7 Å². The Labute approximate surface area is 263 Å². The largest absolute Gasteiger partial charge is 1.00 e. The van der Waals surface area contributed by atoms with E-state index in [2.05, 4.69) is 84.0 Å². The van der Waals surface area contributed by atoms with Crippen molar-refractivity contribution in [3.8, 4) is 22.4 Å². The van der Waals surface area contributed by atoms with Gasteiger partial charge < -0.3 is 11.6 Å². The van der Waals surface area contributed by atoms with Crippen LogP contribution in [0.1, 0.15) is 11.1 Å². The van der Waals surface area contributed by atoms with Crippen molar-refractivity contribution in [2.24, 2.45) is 4.99 Å². The number of fused-ring (bicyclic) bond motifs is 3. The number of aromatic nitrogens is 1. The number of hydrogen-bond acceptors (Lipinski definition) is 2. The molecule has 0 aliphatic carbocycles. The summed E-state index contributed by atoms with van der Waals surface area (Å²) in [7, 11) is 0. The summed E-state index contributed by atoms with van der Waals surface area (Å²) in [5.74, 6) is 0. The van der Waals surface area contributed by atoms with Gasteiger partial charge in [0.25, 0.3) is 0 Å². The number of benzene rings is 5. The minimum atomic E-state index is 0. The summed E-state index contributed by atoms with van der Waals surface area (Å²) in [4.78, 5) is 9.27. The third-order valence-electron chi connectivity index (χ3n) is 6.89. The predicted octanol–water partition coefficient (Wildman–Crippen LogP) is 6.52. The smallest absolute Gasteiger partial charge is 0.424 e. The first-order valence-corrected chi connectivity index (χ1v) is 13.1. The van der Waals surface area contributed by atoms with Crippen LogP contribution in [-0.4, -0.2) is 11.2 Å². The SMILES string of the molecule is [CH-]=C(/C=C\[C-]=NC(=[CH-])c1ccccc1)c1ccc(-c2nc3ccccc3c3c(-c4ccccc4)cccc23)cc1.[Na+]. The van der Waals surface area contributed by atoms with E-state index in [1.165, 1.54) is 16.5 Å². The van der Waals surface area contributed by atoms with E-state index in [0.29, 0.717) is 11.3 Å². The molecular formula is C38H25N2Na-2. The van der Waals surface area contributed by atoms with Gasteiger partial charge in [0.05, 0.1) is 11.2 Å². The molecule has 1 aromatic heterocycles. The van der Waals surface area contributed by atoms with Crippen LogP contribution in [0.2, 0.25) is 0 Å². The molecule has 5 aromatic carbocycles. The summed E-state index contributed by atoms with van der Waals surface area (Å²) < 4.78 is 0. The van der Waals surface area contributed by atoms with E-state index >= 15 is 0 Å². The zero-order chi connectivity index (χ0) is 27.3. The predicted molar refractivity (Wildman–Crippen MR) is 169 cm³/mol. The van der Waals surface area contributed by atoms with Crippen LogP contribution in [-0.2, 0) is 0 Å². The number of hydrogen-bond donors (Lipinski definition) is 0. The minimum absolute atomic E-state index is 0. The first kappa shape index (κ1) is 28.2. The summed E-state index contributed by atoms with van der Waals surface area (Å²) in [6.45, 7) is 12.4. The molecule has 0 fully saturated rings. The minimum Gasteiger partial charge on any atom is -0.424 e. The second kappa shape index (κ2) is 12.9. The van der Waals surface area contributed by atoms with Gasteiger partial charge in [-0.25, -0.2) is 22.8 Å². The van der Waals surface area contributed by atoms with Crippen molar-refractivity contribution >= 4 is 39.2 Å². The maximum Gasteiger partial charge on any atom is 1.00 e. The van der Waals surface area contributed by atoms with Crippen LogP contribution in [0, 0.1) is 13.2 Å². The molecule has 41 heavy (non-hydrogen) atoms. The summed E-state index contributed by atoms with van der Waals surface area (Å²) in [5, 5.41) is 3.46. The molecule has 0 N–H and O–H groups in total. The van der Waals surface area contributed by atoms with Crippen molar-refractivity contribution in [1.82, 2.24) is 4.98 Å². The monoisotopic (exact) mass is 532 g/mol. The van der Waals surface area contributed by atoms with E-state index in [9.17, 15) is 0 Å². The Bertz CT molecular complexity index is 1900. The molecule has 190 valence electrons. The van der Waals surface area contributed by atoms with Crippen molar-refractivity contribution in [2.45, 2.75) is 0 Å². The van der Waals surface area contributed by atoms with Gasteiger partial charge in [0.2, 0.25) is 0 Å². The van der Waals surface area contributed by atoms with E-state index in [1.54, 1.807) is 12.2 Å². The maximum absolute atomic E-state index is 6.36. The van der Waals surface area contributed by atoms with Gasteiger partial charge in [0.15, 0.2) is 0 Å². The molecule has 0 aliphatic rings. The fourth-order valence-electron chi connectivity index (χ4n) is 4.91. The molecule has 0 radical (unpaired) electrons. The van der Waals surface area contributed by atoms with Gasteiger partial charge in [-0.05, 0) is 22.8 Å². The summed E-state index contributed by atoms with van der Waals surface area (Å²) >= 11 is 0. The average molecular weight is 533 g/mol. The Morgan fingerprint density at radius 2 is 1.29 bits per heavy atom. The average Bonchev–Trinajstić information content (AvgIpc) is 3.03. The molecule has 0 saturated carbocycles. The number of para-hydroxylation sites is 1. The Kier molecular flexibility index (Phi) is 8.86. The van der Waals surface area contributed by atoms with Crippen LogP contribution in [0.3, 0.4) is 0 Å². The Morgan fingerprint density at radius 3 is 2.05 bits per heavy atom. The molecule has 3 heteroatoms. The quantitative estimate of drug-likeness (QED) is 0.0756. The van der Waals surface area contributed by atoms with E-state index < -0.39 is 0 Å². The van der Waals surface area contributed by atoms with Gasteiger partial charge in [-0.15, -0.1) is 29.8 Å². The molecule has 1 heterocycles. The summed E-state index contributed by atoms with van der Waals surface area (Å²) in [6.07, 6.45) is 6.29. The molecule has 0 unspecified atom stereocenters. The Hall–Kier alpha value is -4.34. The van der Waals surface area contributed by atoms with Gasteiger partial charge in [-0.3, -0.25) is 0 Å². The van der Waals surface area contributed by atoms with E-state index in [0.717, 1.165) is 38.7 Å². The summed E-state index contributed by atoms with van der Waals surface area (Å²) in [6, 6.07) is 43.0. The van der Waals surface area contributed by atoms with Crippen LogP contribution in [0.5, 0.6) is 0 Å². The van der Waals surface area contributed by atoms with Crippen LogP contribution in [0.4, 0.5) is 0 Å². The second-order valence-electron chi connectivity index (χ2n) is 9.43. The molecule has 0 spiro atoms. The maximum atomic E-state index is 6.36. The van der Waals surface area contributed by atoms with Crippen LogP contribution >= 0.6 is 0 Å². The second-order valence-corrected chi connectivity index (χ2v) is 9.43. The molecule has 0 atom stereocenters. The number of rotatable bonds is 7. The van der Waals surface area contributed by atoms with Gasteiger partial charge in [0.1, 0.15) is 0 Å². The fraction of sp³-hybridized carbons (Fsp3) is 0. The topological polar surface area (TPSA) is 25.2 Å². The molecule has 0 saturated heterocycles. The van der Waals surface area contributed by atoms with E-state index in [4.69, 9.17) is 18.1 Å². The van der Waals surface area contributed by atoms with Crippen molar-refractivity contribution < 1.29 is 29.6 Å². The molecule has 2 nitrogen and oxygen atoms in total. The van der Waals surface area contributed by atoms with Crippen LogP contribution < -0.4 is 29.6 Å². The molecular weight excluding hydrogens is 507 g/mol. The third-order valence-corrected chi connectivity index (χ3v) is 6.89. The third kappa shape index (κ3) is 6.06. The number of aliphatic imine (C=N–C) groups is 1. The molecule has 0 amide bonds. The molecule has 6 aromatic rings. The first-order valence-electron chi connectivity index (χ1n) is 13.1. The molecule has 6 rings (SSSR count). The fourth-order valence-corrected chi connectivity index (χ4v) is 4.91. The van der Waals surface area contributed by atoms with Crippen LogP contribution in [0.25, 0.3) is 55.3 Å². The van der Waals surface area contributed by atoms with Gasteiger partial charge >= 0.3 is 29.6 Å². The normalized spacial score (nSPS) is 11.2. The van der Waals surface area contributed by atoms with Crippen molar-refractivity contribution in [2.75, 3.05) is 0 Å². The van der Waals surface area contributed by atoms with Crippen molar-refractivity contribution in [3.05, 3.63) is 164 Å². The number of nitrogens with zero attached hydrogens (tertiary/aromatic N) is 2. The Balaban J connectivity index is 0.00000337. The molecule has 0 bridgehead atoms. The van der Waals surface area contributed by atoms with Crippen molar-refractivity contribution in [1.29, 1.82) is 0 Å². The van der Waals surface area contributed by atoms with Gasteiger partial charge in [-0.1, -0.05) is 103 Å². The van der Waals surface area contributed by atoms with E-state index in [-0.39, 0.29) is 29.6 Å². The number of pyridine rings is 1. The van der Waals surface area contributed by atoms with Gasteiger partial charge in [0, 0.05) is 16.2 Å². The number of allylic oxidation sites excluding steroid dienone is 3. The summed E-state index contributed by atoms with van der Waals surface area (Å²) in [5.41, 5.74) is 8.07.